The third-order valence-corrected chi connectivity index (χ3v) is 6.03. The molecule has 170 valence electrons. The van der Waals surface area contributed by atoms with Crippen molar-refractivity contribution in [2.24, 2.45) is 0 Å². The third-order valence-electron chi connectivity index (χ3n) is 5.67. The zero-order valence-corrected chi connectivity index (χ0v) is 19.9. The third kappa shape index (κ3) is 5.26. The number of nitrogens with zero attached hydrogens (tertiary/aromatic N) is 2. The molecule has 4 aromatic rings. The Morgan fingerprint density at radius 3 is 2.64 bits per heavy atom. The Kier molecular flexibility index (Phi) is 7.10. The highest BCUT2D eigenvalue weighted by molar-refractivity contribution is 7.80. The first-order chi connectivity index (χ1) is 16.1. The average molecular weight is 461 g/mol. The van der Waals surface area contributed by atoms with Gasteiger partial charge in [-0.3, -0.25) is 4.98 Å². The van der Waals surface area contributed by atoms with Crippen LogP contribution in [0, 0.1) is 6.92 Å². The van der Waals surface area contributed by atoms with E-state index < -0.39 is 0 Å². The fraction of sp³-hybridized carbons (Fsp3) is 0.231. The summed E-state index contributed by atoms with van der Waals surface area (Å²) in [7, 11) is 3.28. The Hall–Kier alpha value is -3.58. The molecule has 0 aliphatic carbocycles. The summed E-state index contributed by atoms with van der Waals surface area (Å²) in [5, 5.41) is 5.21. The normalized spacial score (nSPS) is 10.8. The number of nitrogens with one attached hydrogen (secondary N) is 2. The number of fused-ring (bicyclic) bond motifs is 1. The van der Waals surface area contributed by atoms with Gasteiger partial charge < -0.3 is 24.7 Å². The number of aryl methyl sites for hydroxylation is 1. The molecule has 0 bridgehead atoms. The van der Waals surface area contributed by atoms with Crippen molar-refractivity contribution in [3.05, 3.63) is 83.8 Å². The fourth-order valence-electron chi connectivity index (χ4n) is 3.95. The van der Waals surface area contributed by atoms with Crippen LogP contribution >= 0.6 is 12.2 Å². The molecule has 0 radical (unpaired) electrons. The van der Waals surface area contributed by atoms with Gasteiger partial charge in [0.2, 0.25) is 0 Å². The maximum absolute atomic E-state index is 5.85. The molecule has 0 unspecified atom stereocenters. The van der Waals surface area contributed by atoms with E-state index in [4.69, 9.17) is 21.7 Å². The van der Waals surface area contributed by atoms with E-state index in [0.29, 0.717) is 17.4 Å². The molecule has 0 atom stereocenters. The van der Waals surface area contributed by atoms with E-state index in [1.807, 2.05) is 36.4 Å². The Balaban J connectivity index is 1.58. The van der Waals surface area contributed by atoms with Crippen LogP contribution < -0.4 is 14.8 Å². The van der Waals surface area contributed by atoms with Crippen LogP contribution in [-0.2, 0) is 13.0 Å². The van der Waals surface area contributed by atoms with Gasteiger partial charge in [-0.05, 0) is 61.5 Å². The number of hydrogen-bond donors (Lipinski definition) is 2. The highest BCUT2D eigenvalue weighted by Crippen LogP contribution is 2.29. The van der Waals surface area contributed by atoms with Crippen LogP contribution in [0.4, 0.5) is 5.69 Å². The number of methoxy groups -OCH3 is 2. The van der Waals surface area contributed by atoms with Crippen LogP contribution in [0.2, 0.25) is 0 Å². The second-order valence-electron chi connectivity index (χ2n) is 7.76. The molecule has 0 amide bonds. The van der Waals surface area contributed by atoms with Crippen molar-refractivity contribution >= 4 is 33.9 Å². The van der Waals surface area contributed by atoms with Crippen molar-refractivity contribution in [2.75, 3.05) is 26.1 Å². The van der Waals surface area contributed by atoms with Crippen LogP contribution in [0.5, 0.6) is 11.5 Å². The highest BCUT2D eigenvalue weighted by Gasteiger charge is 2.16. The van der Waals surface area contributed by atoms with E-state index >= 15 is 0 Å². The first kappa shape index (κ1) is 22.6. The molecule has 0 saturated carbocycles. The molecular formula is C26H28N4O2S. The number of rotatable bonds is 8. The summed E-state index contributed by atoms with van der Waals surface area (Å²) in [5.41, 5.74) is 5.36. The number of thiocarbonyl (C=S) groups is 1. The Morgan fingerprint density at radius 2 is 1.88 bits per heavy atom. The lowest BCUT2D eigenvalue weighted by molar-refractivity contribution is 0.403. The summed E-state index contributed by atoms with van der Waals surface area (Å²) < 4.78 is 10.9. The molecule has 7 heteroatoms. The number of benzene rings is 2. The molecule has 0 aliphatic heterocycles. The maximum atomic E-state index is 5.85. The number of anilines is 1. The van der Waals surface area contributed by atoms with Gasteiger partial charge in [0.15, 0.2) is 5.11 Å². The maximum Gasteiger partial charge on any atom is 0.173 e. The van der Waals surface area contributed by atoms with Crippen molar-refractivity contribution in [3.63, 3.8) is 0 Å². The van der Waals surface area contributed by atoms with E-state index in [1.165, 1.54) is 16.6 Å². The van der Waals surface area contributed by atoms with Gasteiger partial charge in [0, 0.05) is 35.4 Å². The van der Waals surface area contributed by atoms with Crippen molar-refractivity contribution in [3.8, 4) is 11.5 Å². The summed E-state index contributed by atoms with van der Waals surface area (Å²) in [4.78, 5) is 10.1. The molecule has 6 nitrogen and oxygen atoms in total. The molecule has 0 saturated heterocycles. The first-order valence-electron chi connectivity index (χ1n) is 10.8. The SMILES string of the molecule is COc1ccc(OC)c(NC(=S)N(CCc2c(C)[nH]c3ccccc23)Cc2ccccn2)c1. The monoisotopic (exact) mass is 460 g/mol. The van der Waals surface area contributed by atoms with Crippen LogP contribution in [0.3, 0.4) is 0 Å². The number of hydrogen-bond acceptors (Lipinski definition) is 4. The molecule has 2 N–H and O–H groups in total. The Labute approximate surface area is 199 Å². The number of pyridine rings is 1. The lowest BCUT2D eigenvalue weighted by atomic mass is 10.1. The van der Waals surface area contributed by atoms with Crippen molar-refractivity contribution in [1.29, 1.82) is 0 Å². The first-order valence-corrected chi connectivity index (χ1v) is 11.2. The van der Waals surface area contributed by atoms with Gasteiger partial charge in [-0.1, -0.05) is 24.3 Å². The standard InChI is InChI=1S/C26H28N4O2S/c1-18-21(22-9-4-5-10-23(22)28-18)13-15-30(17-19-8-6-7-14-27-19)26(33)29-24-16-20(31-2)11-12-25(24)32-3/h4-12,14,16,28H,13,15,17H2,1-3H3,(H,29,33). The predicted octanol–water partition coefficient (Wildman–Crippen LogP) is 5.33. The number of aromatic amines is 1. The summed E-state index contributed by atoms with van der Waals surface area (Å²) in [6.07, 6.45) is 2.65. The van der Waals surface area contributed by atoms with Gasteiger partial charge in [-0.25, -0.2) is 0 Å². The van der Waals surface area contributed by atoms with Gasteiger partial charge in [0.05, 0.1) is 32.1 Å². The van der Waals surface area contributed by atoms with Crippen LogP contribution in [0.1, 0.15) is 17.0 Å². The van der Waals surface area contributed by atoms with E-state index in [2.05, 4.69) is 51.4 Å². The topological polar surface area (TPSA) is 62.4 Å². The minimum absolute atomic E-state index is 0.598. The van der Waals surface area contributed by atoms with Crippen LogP contribution in [0.15, 0.2) is 66.9 Å². The number of H-pyrrole nitrogens is 1. The smallest absolute Gasteiger partial charge is 0.173 e. The van der Waals surface area contributed by atoms with Crippen molar-refractivity contribution in [1.82, 2.24) is 14.9 Å². The lowest BCUT2D eigenvalue weighted by Crippen LogP contribution is -2.36. The van der Waals surface area contributed by atoms with Gasteiger partial charge >= 0.3 is 0 Å². The molecule has 0 spiro atoms. The minimum atomic E-state index is 0.598. The lowest BCUT2D eigenvalue weighted by Gasteiger charge is -2.26. The summed E-state index contributed by atoms with van der Waals surface area (Å²) in [6.45, 7) is 3.45. The average Bonchev–Trinajstić information content (AvgIpc) is 3.17. The van der Waals surface area contributed by atoms with Crippen molar-refractivity contribution < 1.29 is 9.47 Å². The van der Waals surface area contributed by atoms with Crippen LogP contribution in [0.25, 0.3) is 10.9 Å². The minimum Gasteiger partial charge on any atom is -0.497 e. The second-order valence-corrected chi connectivity index (χ2v) is 8.15. The zero-order valence-electron chi connectivity index (χ0n) is 19.1. The van der Waals surface area contributed by atoms with Gasteiger partial charge in [-0.15, -0.1) is 0 Å². The Morgan fingerprint density at radius 1 is 1.06 bits per heavy atom. The molecule has 33 heavy (non-hydrogen) atoms. The van der Waals surface area contributed by atoms with Crippen LogP contribution in [-0.4, -0.2) is 40.7 Å². The molecule has 2 aromatic carbocycles. The second kappa shape index (κ2) is 10.4. The van der Waals surface area contributed by atoms with Gasteiger partial charge in [0.1, 0.15) is 11.5 Å². The summed E-state index contributed by atoms with van der Waals surface area (Å²) >= 11 is 5.85. The molecule has 2 aromatic heterocycles. The molecule has 2 heterocycles. The molecular weight excluding hydrogens is 432 g/mol. The van der Waals surface area contributed by atoms with E-state index in [-0.39, 0.29) is 0 Å². The molecule has 0 fully saturated rings. The number of para-hydroxylation sites is 1. The van der Waals surface area contributed by atoms with Crippen molar-refractivity contribution in [2.45, 2.75) is 19.9 Å². The van der Waals surface area contributed by atoms with E-state index in [1.54, 1.807) is 20.4 Å². The number of aromatic nitrogens is 2. The van der Waals surface area contributed by atoms with Gasteiger partial charge in [-0.2, -0.15) is 0 Å². The highest BCUT2D eigenvalue weighted by atomic mass is 32.1. The quantitative estimate of drug-likeness (QED) is 0.347. The van der Waals surface area contributed by atoms with Gasteiger partial charge in [0.25, 0.3) is 0 Å². The zero-order chi connectivity index (χ0) is 23.2. The molecule has 4 rings (SSSR count). The van der Waals surface area contributed by atoms with E-state index in [9.17, 15) is 0 Å². The van der Waals surface area contributed by atoms with E-state index in [0.717, 1.165) is 35.6 Å². The Bertz CT molecular complexity index is 1240. The summed E-state index contributed by atoms with van der Waals surface area (Å²) in [6, 6.07) is 19.9. The number of ether oxygens (including phenoxy) is 2. The summed E-state index contributed by atoms with van der Waals surface area (Å²) in [5.74, 6) is 1.43. The fourth-order valence-corrected chi connectivity index (χ4v) is 4.22. The molecule has 0 aliphatic rings. The predicted molar refractivity (Wildman–Crippen MR) is 137 cm³/mol. The largest absolute Gasteiger partial charge is 0.497 e.